The number of amides is 1. The average molecular weight is 369 g/mol. The van der Waals surface area contributed by atoms with E-state index < -0.39 is 4.92 Å². The molecular weight excluding hydrogens is 346 g/mol. The summed E-state index contributed by atoms with van der Waals surface area (Å²) in [4.78, 5) is 24.3. The molecule has 27 heavy (non-hydrogen) atoms. The van der Waals surface area contributed by atoms with Crippen LogP contribution in [0.4, 0.5) is 17.1 Å². The predicted octanol–water partition coefficient (Wildman–Crippen LogP) is 2.84. The van der Waals surface area contributed by atoms with E-state index in [-0.39, 0.29) is 18.1 Å². The SMILES string of the molecule is Cc1ccc(C)c(NCC(=O)NN=Cc2ccc(N(C)C)c([N+](=O)[O-])c2)c1. The lowest BCUT2D eigenvalue weighted by Gasteiger charge is -2.12. The first-order chi connectivity index (χ1) is 12.8. The molecule has 0 aliphatic heterocycles. The Kier molecular flexibility index (Phi) is 6.48. The predicted molar refractivity (Wildman–Crippen MR) is 108 cm³/mol. The molecule has 0 saturated carbocycles. The number of rotatable bonds is 7. The molecule has 2 aromatic rings. The number of hydrazone groups is 1. The molecule has 0 saturated heterocycles. The van der Waals surface area contributed by atoms with Gasteiger partial charge in [-0.25, -0.2) is 5.43 Å². The normalized spacial score (nSPS) is 10.7. The van der Waals surface area contributed by atoms with Crippen LogP contribution in [-0.4, -0.2) is 37.7 Å². The fourth-order valence-corrected chi connectivity index (χ4v) is 2.47. The van der Waals surface area contributed by atoms with E-state index in [1.807, 2.05) is 32.0 Å². The summed E-state index contributed by atoms with van der Waals surface area (Å²) in [6.45, 7) is 4.01. The van der Waals surface area contributed by atoms with Gasteiger partial charge in [-0.1, -0.05) is 18.2 Å². The first-order valence-electron chi connectivity index (χ1n) is 8.36. The lowest BCUT2D eigenvalue weighted by molar-refractivity contribution is -0.384. The van der Waals surface area contributed by atoms with Crippen molar-refractivity contribution in [1.82, 2.24) is 5.43 Å². The van der Waals surface area contributed by atoms with Crippen molar-refractivity contribution in [2.24, 2.45) is 5.10 Å². The lowest BCUT2D eigenvalue weighted by Crippen LogP contribution is -2.26. The third-order valence-corrected chi connectivity index (χ3v) is 3.91. The monoisotopic (exact) mass is 369 g/mol. The van der Waals surface area contributed by atoms with E-state index in [4.69, 9.17) is 0 Å². The molecule has 2 N–H and O–H groups in total. The molecule has 2 aromatic carbocycles. The van der Waals surface area contributed by atoms with Crippen LogP contribution in [0.1, 0.15) is 16.7 Å². The zero-order chi connectivity index (χ0) is 20.0. The summed E-state index contributed by atoms with van der Waals surface area (Å²) in [6.07, 6.45) is 1.38. The molecule has 0 aliphatic carbocycles. The van der Waals surface area contributed by atoms with Crippen LogP contribution in [0, 0.1) is 24.0 Å². The standard InChI is InChI=1S/C19H23N5O3/c1-13-5-6-14(2)16(9-13)20-12-19(25)22-21-11-15-7-8-17(23(3)4)18(10-15)24(26)27/h5-11,20H,12H2,1-4H3,(H,22,25). The van der Waals surface area contributed by atoms with E-state index >= 15 is 0 Å². The van der Waals surface area contributed by atoms with Crippen LogP contribution in [-0.2, 0) is 4.79 Å². The average Bonchev–Trinajstić information content (AvgIpc) is 2.62. The number of nitrogens with one attached hydrogen (secondary N) is 2. The Balaban J connectivity index is 1.96. The van der Waals surface area contributed by atoms with Crippen LogP contribution < -0.4 is 15.6 Å². The Morgan fingerprint density at radius 2 is 1.96 bits per heavy atom. The fourth-order valence-electron chi connectivity index (χ4n) is 2.47. The van der Waals surface area contributed by atoms with Gasteiger partial charge in [0.05, 0.1) is 17.7 Å². The van der Waals surface area contributed by atoms with E-state index in [9.17, 15) is 14.9 Å². The van der Waals surface area contributed by atoms with Crippen molar-refractivity contribution in [1.29, 1.82) is 0 Å². The first kappa shape index (κ1) is 19.9. The maximum Gasteiger partial charge on any atom is 0.293 e. The molecule has 0 atom stereocenters. The summed E-state index contributed by atoms with van der Waals surface area (Å²) in [5.41, 5.74) is 6.45. The summed E-state index contributed by atoms with van der Waals surface area (Å²) in [7, 11) is 3.47. The highest BCUT2D eigenvalue weighted by Crippen LogP contribution is 2.27. The number of carbonyl (C=O) groups is 1. The minimum absolute atomic E-state index is 0.0214. The van der Waals surface area contributed by atoms with Crippen LogP contribution >= 0.6 is 0 Å². The highest BCUT2D eigenvalue weighted by atomic mass is 16.6. The van der Waals surface area contributed by atoms with Crippen LogP contribution in [0.3, 0.4) is 0 Å². The summed E-state index contributed by atoms with van der Waals surface area (Å²) < 4.78 is 0. The second-order valence-electron chi connectivity index (χ2n) is 6.36. The number of carbonyl (C=O) groups excluding carboxylic acids is 1. The van der Waals surface area contributed by atoms with Gasteiger partial charge in [-0.2, -0.15) is 5.10 Å². The third kappa shape index (κ3) is 5.53. The minimum atomic E-state index is -0.445. The molecule has 8 nitrogen and oxygen atoms in total. The molecule has 1 amide bonds. The highest BCUT2D eigenvalue weighted by Gasteiger charge is 2.15. The topological polar surface area (TPSA) is 99.9 Å². The number of hydrogen-bond acceptors (Lipinski definition) is 6. The second-order valence-corrected chi connectivity index (χ2v) is 6.36. The third-order valence-electron chi connectivity index (χ3n) is 3.91. The van der Waals surface area contributed by atoms with Gasteiger partial charge in [0.2, 0.25) is 0 Å². The molecule has 0 radical (unpaired) electrons. The number of hydrogen-bond donors (Lipinski definition) is 2. The van der Waals surface area contributed by atoms with Crippen molar-refractivity contribution < 1.29 is 9.72 Å². The zero-order valence-corrected chi connectivity index (χ0v) is 15.8. The number of anilines is 2. The van der Waals surface area contributed by atoms with E-state index in [0.29, 0.717) is 11.3 Å². The van der Waals surface area contributed by atoms with Gasteiger partial charge >= 0.3 is 0 Å². The largest absolute Gasteiger partial charge is 0.376 e. The minimum Gasteiger partial charge on any atom is -0.376 e. The quantitative estimate of drug-likeness (QED) is 0.444. The summed E-state index contributed by atoms with van der Waals surface area (Å²) >= 11 is 0. The molecule has 0 heterocycles. The van der Waals surface area contributed by atoms with E-state index in [1.54, 1.807) is 31.1 Å². The van der Waals surface area contributed by atoms with Crippen molar-refractivity contribution in [3.05, 3.63) is 63.2 Å². The molecule has 0 aliphatic rings. The van der Waals surface area contributed by atoms with Gasteiger partial charge in [-0.15, -0.1) is 0 Å². The molecule has 0 spiro atoms. The zero-order valence-electron chi connectivity index (χ0n) is 15.8. The molecule has 2 rings (SSSR count). The molecule has 0 bridgehead atoms. The van der Waals surface area contributed by atoms with E-state index in [0.717, 1.165) is 16.8 Å². The first-order valence-corrected chi connectivity index (χ1v) is 8.36. The number of aryl methyl sites for hydroxylation is 2. The Morgan fingerprint density at radius 1 is 1.22 bits per heavy atom. The van der Waals surface area contributed by atoms with Gasteiger partial charge in [-0.3, -0.25) is 14.9 Å². The maximum atomic E-state index is 11.9. The van der Waals surface area contributed by atoms with Gasteiger partial charge in [0.25, 0.3) is 11.6 Å². The van der Waals surface area contributed by atoms with Gasteiger partial charge < -0.3 is 10.2 Å². The fraction of sp³-hybridized carbons (Fsp3) is 0.263. The van der Waals surface area contributed by atoms with E-state index in [2.05, 4.69) is 15.8 Å². The summed E-state index contributed by atoms with van der Waals surface area (Å²) in [5, 5.41) is 18.1. The second kappa shape index (κ2) is 8.79. The van der Waals surface area contributed by atoms with Crippen molar-refractivity contribution >= 4 is 29.2 Å². The Morgan fingerprint density at radius 3 is 2.63 bits per heavy atom. The Labute approximate surface area is 158 Å². The van der Waals surface area contributed by atoms with Gasteiger partial charge in [-0.05, 0) is 37.1 Å². The Hall–Kier alpha value is -3.42. The van der Waals surface area contributed by atoms with Crippen molar-refractivity contribution in [2.45, 2.75) is 13.8 Å². The summed E-state index contributed by atoms with van der Waals surface area (Å²) in [5.74, 6) is -0.313. The van der Waals surface area contributed by atoms with Gasteiger partial charge in [0, 0.05) is 31.4 Å². The van der Waals surface area contributed by atoms with Gasteiger partial charge in [0.1, 0.15) is 5.69 Å². The van der Waals surface area contributed by atoms with E-state index in [1.165, 1.54) is 12.3 Å². The number of nitrogens with zero attached hydrogens (tertiary/aromatic N) is 3. The number of nitro benzene ring substituents is 1. The highest BCUT2D eigenvalue weighted by molar-refractivity contribution is 5.86. The van der Waals surface area contributed by atoms with Crippen molar-refractivity contribution in [3.63, 3.8) is 0 Å². The van der Waals surface area contributed by atoms with Crippen molar-refractivity contribution in [3.8, 4) is 0 Å². The number of benzene rings is 2. The number of nitro groups is 1. The molecule has 142 valence electrons. The Bertz CT molecular complexity index is 878. The molecule has 0 unspecified atom stereocenters. The van der Waals surface area contributed by atoms with Crippen LogP contribution in [0.25, 0.3) is 0 Å². The summed E-state index contributed by atoms with van der Waals surface area (Å²) in [6, 6.07) is 10.7. The van der Waals surface area contributed by atoms with Crippen LogP contribution in [0.5, 0.6) is 0 Å². The smallest absolute Gasteiger partial charge is 0.293 e. The molecule has 0 fully saturated rings. The molecule has 0 aromatic heterocycles. The lowest BCUT2D eigenvalue weighted by atomic mass is 10.1. The van der Waals surface area contributed by atoms with Crippen molar-refractivity contribution in [2.75, 3.05) is 30.9 Å². The molecular formula is C19H23N5O3. The van der Waals surface area contributed by atoms with Crippen LogP contribution in [0.2, 0.25) is 0 Å². The van der Waals surface area contributed by atoms with Crippen LogP contribution in [0.15, 0.2) is 41.5 Å². The van der Waals surface area contributed by atoms with Gasteiger partial charge in [0.15, 0.2) is 0 Å². The maximum absolute atomic E-state index is 11.9. The molecule has 8 heteroatoms.